The average molecular weight is 1730 g/mol. The molecule has 0 saturated carbocycles. The number of benzene rings is 26. The van der Waals surface area contributed by atoms with Crippen molar-refractivity contribution in [3.8, 4) is 0 Å². The lowest BCUT2D eigenvalue weighted by atomic mass is 9.89. The van der Waals surface area contributed by atoms with Crippen molar-refractivity contribution in [1.29, 1.82) is 0 Å². The van der Waals surface area contributed by atoms with Crippen molar-refractivity contribution in [2.45, 2.75) is 0 Å². The average Bonchev–Trinajstić information content (AvgIpc) is 0.714. The second-order valence-corrected chi connectivity index (χ2v) is 35.2. The van der Waals surface area contributed by atoms with Crippen molar-refractivity contribution in [1.82, 2.24) is 0 Å². The molecule has 0 aromatic heterocycles. The number of anilines is 15. The second kappa shape index (κ2) is 34.4. The molecule has 0 heterocycles. The van der Waals surface area contributed by atoms with Gasteiger partial charge in [0.15, 0.2) is 0 Å². The summed E-state index contributed by atoms with van der Waals surface area (Å²) < 4.78 is 0. The molecule has 0 amide bonds. The Morgan fingerprint density at radius 2 is 0.363 bits per heavy atom. The first kappa shape index (κ1) is 80.7. The van der Waals surface area contributed by atoms with Crippen LogP contribution in [0.3, 0.4) is 0 Å². The van der Waals surface area contributed by atoms with Gasteiger partial charge in [-0.15, -0.1) is 0 Å². The molecule has 0 radical (unpaired) electrons. The number of nitrogens with zero attached hydrogens (tertiary/aromatic N) is 6. The minimum atomic E-state index is 1.12. The van der Waals surface area contributed by atoms with Gasteiger partial charge in [0.2, 0.25) is 0 Å². The highest BCUT2D eigenvalue weighted by molar-refractivity contribution is 6.34. The van der Waals surface area contributed by atoms with Crippen LogP contribution in [0.4, 0.5) is 85.3 Å². The zero-order valence-electron chi connectivity index (χ0n) is 75.1. The fourth-order valence-corrected chi connectivity index (χ4v) is 20.9. The van der Waals surface area contributed by atoms with E-state index in [9.17, 15) is 0 Å². The van der Waals surface area contributed by atoms with E-state index in [4.69, 9.17) is 0 Å². The summed E-state index contributed by atoms with van der Waals surface area (Å²) in [4.78, 5) is 14.1. The minimum Gasteiger partial charge on any atom is -0.345 e. The summed E-state index contributed by atoms with van der Waals surface area (Å²) in [5, 5.41) is 35.3. The minimum absolute atomic E-state index is 1.12. The zero-order chi connectivity index (χ0) is 90.0. The van der Waals surface area contributed by atoms with Gasteiger partial charge in [-0.3, -0.25) is 0 Å². The molecule has 0 fully saturated rings. The highest BCUT2D eigenvalue weighted by atomic mass is 15.2. The van der Waals surface area contributed by atoms with E-state index < -0.39 is 0 Å². The molecular weight excluding hydrogens is 1630 g/mol. The highest BCUT2D eigenvalue weighted by Gasteiger charge is 2.25. The van der Waals surface area contributed by atoms with Crippen LogP contribution < -0.4 is 29.4 Å². The van der Waals surface area contributed by atoms with E-state index in [1.54, 1.807) is 0 Å². The molecule has 0 aliphatic heterocycles. The van der Waals surface area contributed by atoms with Gasteiger partial charge in [-0.05, 0) is 253 Å². The van der Waals surface area contributed by atoms with E-state index >= 15 is 0 Å². The molecule has 0 spiro atoms. The Morgan fingerprint density at radius 3 is 0.763 bits per heavy atom. The van der Waals surface area contributed by atoms with Crippen molar-refractivity contribution in [3.05, 3.63) is 504 Å². The Kier molecular flexibility index (Phi) is 20.5. The van der Waals surface area contributed by atoms with E-state index in [1.165, 1.54) is 162 Å². The quantitative estimate of drug-likeness (QED) is 0.0747. The molecule has 0 saturated heterocycles. The van der Waals surface area contributed by atoms with Crippen LogP contribution in [0.5, 0.6) is 0 Å². The van der Waals surface area contributed by atoms with Crippen molar-refractivity contribution < 1.29 is 0 Å². The largest absolute Gasteiger partial charge is 0.345 e. The standard InChI is InChI=1S/C47H32N2.2C41H30N2/c1-48(43-30-29-41-39-20-7-16-33-15-6-19-38(46(33)39)40-21-10-22-42(43)47(40)41)34-25-27-35(28-26-34)49(44-23-8-13-31-11-2-4-17-36(31)44)45-24-9-14-32-12-3-5-18-37(32)45;1-42(41-28-31-14-4-5-17-34(31)37-20-8-9-21-38(37)41)32-24-26-33(27-25-32)43(39-22-10-15-29-12-2-6-18-35(29)39)40-23-11-16-30-13-3-7-19-36(30)40;1-42(37-21-20-33-26-31-12-2-3-13-32(31)27-34(33)28-37)35-22-24-36(25-23-35)43(40-18-8-14-29-10-4-6-16-38(29)40)41-19-9-15-30-11-5-7-17-39(30)41/h2-30H,1H3;2*2-28H,1H3. The molecule has 135 heavy (non-hydrogen) atoms. The molecule has 0 aliphatic rings. The molecule has 6 nitrogen and oxygen atoms in total. The van der Waals surface area contributed by atoms with Gasteiger partial charge in [0, 0.05) is 115 Å². The van der Waals surface area contributed by atoms with E-state index in [1.807, 2.05) is 0 Å². The maximum Gasteiger partial charge on any atom is 0.0540 e. The summed E-state index contributed by atoms with van der Waals surface area (Å²) >= 11 is 0. The monoisotopic (exact) mass is 1720 g/mol. The van der Waals surface area contributed by atoms with Gasteiger partial charge in [-0.25, -0.2) is 0 Å². The third-order valence-electron chi connectivity index (χ3n) is 27.6. The maximum absolute atomic E-state index is 2.41. The summed E-state index contributed by atoms with van der Waals surface area (Å²) in [5.41, 5.74) is 17.3. The van der Waals surface area contributed by atoms with Gasteiger partial charge in [0.25, 0.3) is 0 Å². The maximum atomic E-state index is 2.41. The first-order valence-electron chi connectivity index (χ1n) is 46.4. The van der Waals surface area contributed by atoms with Crippen LogP contribution in [0.2, 0.25) is 0 Å². The van der Waals surface area contributed by atoms with Gasteiger partial charge < -0.3 is 29.4 Å². The Morgan fingerprint density at radius 1 is 0.111 bits per heavy atom. The molecule has 0 N–H and O–H groups in total. The Labute approximate surface area is 784 Å². The van der Waals surface area contributed by atoms with Crippen LogP contribution in [0.25, 0.3) is 151 Å². The summed E-state index contributed by atoms with van der Waals surface area (Å²) in [6.45, 7) is 0. The summed E-state index contributed by atoms with van der Waals surface area (Å²) in [6, 6.07) is 182. The molecule has 26 aromatic rings. The van der Waals surface area contributed by atoms with Crippen LogP contribution in [0, 0.1) is 0 Å². The van der Waals surface area contributed by atoms with E-state index in [0.29, 0.717) is 0 Å². The lowest BCUT2D eigenvalue weighted by Crippen LogP contribution is -2.13. The van der Waals surface area contributed by atoms with Crippen LogP contribution >= 0.6 is 0 Å². The molecule has 638 valence electrons. The van der Waals surface area contributed by atoms with Gasteiger partial charge in [0.1, 0.15) is 0 Å². The normalized spacial score (nSPS) is 11.5. The second-order valence-electron chi connectivity index (χ2n) is 35.2. The van der Waals surface area contributed by atoms with Crippen molar-refractivity contribution in [2.75, 3.05) is 50.5 Å². The molecule has 6 heteroatoms. The third-order valence-corrected chi connectivity index (χ3v) is 27.6. The van der Waals surface area contributed by atoms with Crippen LogP contribution in [0.1, 0.15) is 0 Å². The number of hydrogen-bond donors (Lipinski definition) is 0. The fourth-order valence-electron chi connectivity index (χ4n) is 20.9. The van der Waals surface area contributed by atoms with Gasteiger partial charge in [0.05, 0.1) is 34.1 Å². The van der Waals surface area contributed by atoms with Gasteiger partial charge >= 0.3 is 0 Å². The Bertz CT molecular complexity index is 8720. The molecule has 0 aliphatic carbocycles. The predicted octanol–water partition coefficient (Wildman–Crippen LogP) is 36.4. The highest BCUT2D eigenvalue weighted by Crippen LogP contribution is 2.50. The molecule has 26 rings (SSSR count). The van der Waals surface area contributed by atoms with Crippen LogP contribution in [-0.2, 0) is 0 Å². The van der Waals surface area contributed by atoms with Crippen LogP contribution in [-0.4, -0.2) is 21.1 Å². The number of rotatable bonds is 15. The molecule has 0 atom stereocenters. The molecule has 0 unspecified atom stereocenters. The Hall–Kier alpha value is -17.6. The lowest BCUT2D eigenvalue weighted by Gasteiger charge is -2.29. The van der Waals surface area contributed by atoms with Gasteiger partial charge in [-0.2, -0.15) is 0 Å². The van der Waals surface area contributed by atoms with E-state index in [0.717, 1.165) is 73.9 Å². The Balaban J connectivity index is 0.000000111. The van der Waals surface area contributed by atoms with Crippen LogP contribution in [0.15, 0.2) is 504 Å². The summed E-state index contributed by atoms with van der Waals surface area (Å²) in [7, 11) is 6.49. The molecule has 0 bridgehead atoms. The van der Waals surface area contributed by atoms with Crippen molar-refractivity contribution >= 4 is 236 Å². The van der Waals surface area contributed by atoms with E-state index in [2.05, 4.69) is 554 Å². The molecular formula is C129H92N6. The predicted molar refractivity (Wildman–Crippen MR) is 583 cm³/mol. The van der Waals surface area contributed by atoms with Crippen molar-refractivity contribution in [3.63, 3.8) is 0 Å². The first-order chi connectivity index (χ1) is 66.7. The molecule has 26 aromatic carbocycles. The number of fused-ring (bicyclic) bond motifs is 13. The fraction of sp³-hybridized carbons (Fsp3) is 0.0233. The smallest absolute Gasteiger partial charge is 0.0540 e. The van der Waals surface area contributed by atoms with Crippen molar-refractivity contribution in [2.24, 2.45) is 0 Å². The summed E-state index contributed by atoms with van der Waals surface area (Å²) in [6.07, 6.45) is 0. The zero-order valence-corrected chi connectivity index (χ0v) is 75.1. The number of hydrogen-bond acceptors (Lipinski definition) is 6. The van der Waals surface area contributed by atoms with Gasteiger partial charge in [-0.1, -0.05) is 358 Å². The topological polar surface area (TPSA) is 19.4 Å². The van der Waals surface area contributed by atoms with E-state index in [-0.39, 0.29) is 0 Å². The SMILES string of the molecule is CN(c1ccc(N(c2cccc3ccccc23)c2cccc3ccccc23)cc1)c1cc2ccccc2c2ccccc12.CN(c1ccc(N(c2cccc3ccccc23)c2cccc3ccccc23)cc1)c1ccc2c3cccc4cccc(c5cccc1c52)c43.CN(c1ccc(N(c2cccc3ccccc23)c2cccc3ccccc23)cc1)c1ccc2cc3ccccc3cc2c1. The lowest BCUT2D eigenvalue weighted by molar-refractivity contribution is 1.21. The third kappa shape index (κ3) is 14.6. The summed E-state index contributed by atoms with van der Waals surface area (Å²) in [5.74, 6) is 0. The first-order valence-corrected chi connectivity index (χ1v) is 46.4.